The Morgan fingerprint density at radius 3 is 3.15 bits per heavy atom. The third kappa shape index (κ3) is 2.40. The molecule has 0 atom stereocenters. The first kappa shape index (κ1) is 8.47. The fourth-order valence-electron chi connectivity index (χ4n) is 1.05. The van der Waals surface area contributed by atoms with Crippen LogP contribution >= 0.6 is 11.3 Å². The van der Waals surface area contributed by atoms with Gasteiger partial charge in [-0.15, -0.1) is 11.3 Å². The van der Waals surface area contributed by atoms with Gasteiger partial charge in [0, 0.05) is 11.4 Å². The number of oxazole rings is 1. The van der Waals surface area contributed by atoms with Gasteiger partial charge in [0.1, 0.15) is 5.76 Å². The highest BCUT2D eigenvalue weighted by atomic mass is 32.1. The lowest BCUT2D eigenvalue weighted by Gasteiger charge is -1.98. The molecule has 68 valence electrons. The number of thiophene rings is 1. The molecule has 0 radical (unpaired) electrons. The molecule has 0 aliphatic rings. The summed E-state index contributed by atoms with van der Waals surface area (Å²) in [5, 5.41) is 5.34. The van der Waals surface area contributed by atoms with Gasteiger partial charge >= 0.3 is 0 Å². The molecule has 0 bridgehead atoms. The van der Waals surface area contributed by atoms with Crippen LogP contribution in [0.25, 0.3) is 0 Å². The molecule has 13 heavy (non-hydrogen) atoms. The molecule has 0 aliphatic carbocycles. The van der Waals surface area contributed by atoms with E-state index >= 15 is 0 Å². The van der Waals surface area contributed by atoms with Crippen LogP contribution in [0.1, 0.15) is 10.6 Å². The summed E-state index contributed by atoms with van der Waals surface area (Å²) in [5.41, 5.74) is 0. The Morgan fingerprint density at radius 1 is 1.46 bits per heavy atom. The van der Waals surface area contributed by atoms with Crippen molar-refractivity contribution in [2.24, 2.45) is 0 Å². The molecule has 2 rings (SSSR count). The number of hydrogen-bond acceptors (Lipinski definition) is 4. The van der Waals surface area contributed by atoms with Crippen LogP contribution in [0.3, 0.4) is 0 Å². The zero-order valence-corrected chi connectivity index (χ0v) is 7.88. The second-order valence-corrected chi connectivity index (χ2v) is 3.68. The van der Waals surface area contributed by atoms with Gasteiger partial charge < -0.3 is 9.73 Å². The maximum Gasteiger partial charge on any atom is 0.180 e. The zero-order valence-electron chi connectivity index (χ0n) is 7.06. The molecule has 0 aliphatic heterocycles. The SMILES string of the molecule is c1csc(CNCc2cnco2)c1. The van der Waals surface area contributed by atoms with E-state index in [1.807, 2.05) is 0 Å². The Bertz CT molecular complexity index is 294. The summed E-state index contributed by atoms with van der Waals surface area (Å²) in [4.78, 5) is 5.17. The van der Waals surface area contributed by atoms with Crippen LogP contribution in [0, 0.1) is 0 Å². The Balaban J connectivity index is 1.76. The normalized spacial score (nSPS) is 10.5. The number of hydrogen-bond donors (Lipinski definition) is 1. The van der Waals surface area contributed by atoms with E-state index in [0.29, 0.717) is 0 Å². The van der Waals surface area contributed by atoms with Gasteiger partial charge in [0.15, 0.2) is 6.39 Å². The van der Waals surface area contributed by atoms with E-state index < -0.39 is 0 Å². The van der Waals surface area contributed by atoms with E-state index in [4.69, 9.17) is 4.42 Å². The van der Waals surface area contributed by atoms with Crippen LogP contribution < -0.4 is 5.32 Å². The second-order valence-electron chi connectivity index (χ2n) is 2.65. The lowest BCUT2D eigenvalue weighted by molar-refractivity contribution is 0.479. The predicted molar refractivity (Wildman–Crippen MR) is 51.4 cm³/mol. The Morgan fingerprint density at radius 2 is 2.46 bits per heavy atom. The number of rotatable bonds is 4. The quantitative estimate of drug-likeness (QED) is 0.809. The van der Waals surface area contributed by atoms with Crippen molar-refractivity contribution in [1.29, 1.82) is 0 Å². The van der Waals surface area contributed by atoms with Gasteiger partial charge in [-0.3, -0.25) is 0 Å². The van der Waals surface area contributed by atoms with Gasteiger partial charge in [0.05, 0.1) is 12.7 Å². The van der Waals surface area contributed by atoms with Crippen LogP contribution in [-0.4, -0.2) is 4.98 Å². The number of nitrogens with zero attached hydrogens (tertiary/aromatic N) is 1. The van der Waals surface area contributed by atoms with Crippen molar-refractivity contribution in [3.63, 3.8) is 0 Å². The molecule has 0 spiro atoms. The van der Waals surface area contributed by atoms with E-state index in [1.165, 1.54) is 11.3 Å². The molecule has 0 saturated heterocycles. The number of aromatic nitrogens is 1. The van der Waals surface area contributed by atoms with Crippen LogP contribution in [-0.2, 0) is 13.1 Å². The summed E-state index contributed by atoms with van der Waals surface area (Å²) in [6.07, 6.45) is 3.17. The van der Waals surface area contributed by atoms with Gasteiger partial charge in [-0.1, -0.05) is 6.07 Å². The van der Waals surface area contributed by atoms with Crippen LogP contribution in [0.15, 0.2) is 34.5 Å². The first-order valence-corrected chi connectivity index (χ1v) is 4.93. The van der Waals surface area contributed by atoms with Gasteiger partial charge in [-0.25, -0.2) is 4.98 Å². The highest BCUT2D eigenvalue weighted by molar-refractivity contribution is 7.09. The van der Waals surface area contributed by atoms with E-state index in [1.54, 1.807) is 17.5 Å². The van der Waals surface area contributed by atoms with Crippen molar-refractivity contribution < 1.29 is 4.42 Å². The summed E-state index contributed by atoms with van der Waals surface area (Å²) in [7, 11) is 0. The molecule has 0 aromatic carbocycles. The summed E-state index contributed by atoms with van der Waals surface area (Å²) in [6.45, 7) is 1.62. The molecule has 0 fully saturated rings. The first-order chi connectivity index (χ1) is 6.45. The molecular formula is C9H10N2OS. The van der Waals surface area contributed by atoms with E-state index in [-0.39, 0.29) is 0 Å². The van der Waals surface area contributed by atoms with Crippen LogP contribution in [0.5, 0.6) is 0 Å². The van der Waals surface area contributed by atoms with Crippen molar-refractivity contribution in [3.05, 3.63) is 40.7 Å². The smallest absolute Gasteiger partial charge is 0.180 e. The van der Waals surface area contributed by atoms with Crippen molar-refractivity contribution >= 4 is 11.3 Å². The van der Waals surface area contributed by atoms with Crippen molar-refractivity contribution in [2.45, 2.75) is 13.1 Å². The Labute approximate surface area is 80.4 Å². The standard InChI is InChI=1S/C9H10N2OS/c1-2-9(13-3-1)6-10-4-8-5-11-7-12-8/h1-3,5,7,10H,4,6H2. The molecule has 0 unspecified atom stereocenters. The molecule has 2 aromatic heterocycles. The molecule has 4 heteroatoms. The Hall–Kier alpha value is -1.13. The molecule has 3 nitrogen and oxygen atoms in total. The first-order valence-electron chi connectivity index (χ1n) is 4.05. The van der Waals surface area contributed by atoms with E-state index in [2.05, 4.69) is 27.8 Å². The summed E-state index contributed by atoms with van der Waals surface area (Å²) < 4.78 is 5.08. The fourth-order valence-corrected chi connectivity index (χ4v) is 1.73. The maximum absolute atomic E-state index is 5.08. The molecule has 1 N–H and O–H groups in total. The minimum absolute atomic E-state index is 0.734. The van der Waals surface area contributed by atoms with Gasteiger partial charge in [-0.05, 0) is 11.4 Å². The van der Waals surface area contributed by atoms with E-state index in [9.17, 15) is 0 Å². The Kier molecular flexibility index (Phi) is 2.74. The monoisotopic (exact) mass is 194 g/mol. The topological polar surface area (TPSA) is 38.1 Å². The van der Waals surface area contributed by atoms with Crippen LogP contribution in [0.2, 0.25) is 0 Å². The van der Waals surface area contributed by atoms with Gasteiger partial charge in [0.2, 0.25) is 0 Å². The predicted octanol–water partition coefficient (Wildman–Crippen LogP) is 2.03. The average Bonchev–Trinajstić information content (AvgIpc) is 2.75. The lowest BCUT2D eigenvalue weighted by atomic mass is 10.4. The minimum Gasteiger partial charge on any atom is -0.447 e. The van der Waals surface area contributed by atoms with Gasteiger partial charge in [-0.2, -0.15) is 0 Å². The molecule has 2 heterocycles. The summed E-state index contributed by atoms with van der Waals surface area (Å²) >= 11 is 1.75. The highest BCUT2D eigenvalue weighted by Gasteiger charge is 1.96. The summed E-state index contributed by atoms with van der Waals surface area (Å²) in [6, 6.07) is 4.16. The molecule has 2 aromatic rings. The van der Waals surface area contributed by atoms with Gasteiger partial charge in [0.25, 0.3) is 0 Å². The maximum atomic E-state index is 5.08. The number of nitrogens with one attached hydrogen (secondary N) is 1. The molecule has 0 saturated carbocycles. The third-order valence-corrected chi connectivity index (χ3v) is 2.54. The molecular weight excluding hydrogens is 184 g/mol. The van der Waals surface area contributed by atoms with Crippen LogP contribution in [0.4, 0.5) is 0 Å². The summed E-state index contributed by atoms with van der Waals surface area (Å²) in [5.74, 6) is 0.872. The second kappa shape index (κ2) is 4.20. The van der Waals surface area contributed by atoms with Crippen molar-refractivity contribution in [2.75, 3.05) is 0 Å². The highest BCUT2D eigenvalue weighted by Crippen LogP contribution is 2.07. The minimum atomic E-state index is 0.734. The third-order valence-electron chi connectivity index (χ3n) is 1.66. The van der Waals surface area contributed by atoms with E-state index in [0.717, 1.165) is 18.8 Å². The molecule has 0 amide bonds. The van der Waals surface area contributed by atoms with Crippen molar-refractivity contribution in [3.8, 4) is 0 Å². The fraction of sp³-hybridized carbons (Fsp3) is 0.222. The average molecular weight is 194 g/mol. The largest absolute Gasteiger partial charge is 0.447 e. The zero-order chi connectivity index (χ0) is 8.93. The lowest BCUT2D eigenvalue weighted by Crippen LogP contribution is -2.10. The van der Waals surface area contributed by atoms with Crippen molar-refractivity contribution in [1.82, 2.24) is 10.3 Å².